The van der Waals surface area contributed by atoms with Gasteiger partial charge >= 0.3 is 0 Å². The number of piperazine rings is 1. The zero-order valence-corrected chi connectivity index (χ0v) is 20.4. The van der Waals surface area contributed by atoms with Gasteiger partial charge in [0.25, 0.3) is 5.91 Å². The van der Waals surface area contributed by atoms with Crippen LogP contribution in [0.15, 0.2) is 72.1 Å². The van der Waals surface area contributed by atoms with E-state index in [1.54, 1.807) is 0 Å². The van der Waals surface area contributed by atoms with E-state index in [0.717, 1.165) is 52.9 Å². The molecule has 1 aliphatic rings. The smallest absolute Gasteiger partial charge is 0.264 e. The second kappa shape index (κ2) is 9.77. The number of nitrogens with zero attached hydrogens (tertiary/aromatic N) is 4. The number of anilines is 1. The van der Waals surface area contributed by atoms with Crippen LogP contribution >= 0.6 is 11.3 Å². The van der Waals surface area contributed by atoms with Crippen LogP contribution in [0.4, 0.5) is 5.82 Å². The Morgan fingerprint density at radius 2 is 1.71 bits per heavy atom. The van der Waals surface area contributed by atoms with Crippen molar-refractivity contribution in [2.75, 3.05) is 31.1 Å². The third kappa shape index (κ3) is 4.73. The molecule has 34 heavy (non-hydrogen) atoms. The third-order valence-corrected chi connectivity index (χ3v) is 7.14. The molecule has 0 aliphatic carbocycles. The highest BCUT2D eigenvalue weighted by Gasteiger charge is 2.26. The Balaban J connectivity index is 1.46. The molecule has 3 heterocycles. The van der Waals surface area contributed by atoms with Crippen molar-refractivity contribution in [3.05, 3.63) is 99.4 Å². The first-order valence-corrected chi connectivity index (χ1v) is 12.5. The molecule has 172 valence electrons. The van der Waals surface area contributed by atoms with Crippen molar-refractivity contribution in [2.24, 2.45) is 0 Å². The van der Waals surface area contributed by atoms with Crippen molar-refractivity contribution in [1.82, 2.24) is 14.9 Å². The molecule has 0 bridgehead atoms. The number of carbonyl (C=O) groups excluding carboxylic acids is 1. The van der Waals surface area contributed by atoms with Gasteiger partial charge in [-0.15, -0.1) is 11.3 Å². The Hall–Kier alpha value is -3.51. The molecule has 0 saturated carbocycles. The number of amides is 1. The van der Waals surface area contributed by atoms with Gasteiger partial charge in [-0.1, -0.05) is 66.2 Å². The molecule has 0 spiro atoms. The highest BCUT2D eigenvalue weighted by atomic mass is 32.1. The quantitative estimate of drug-likeness (QED) is 0.395. The van der Waals surface area contributed by atoms with Crippen molar-refractivity contribution in [1.29, 1.82) is 0 Å². The maximum Gasteiger partial charge on any atom is 0.264 e. The molecule has 5 nitrogen and oxygen atoms in total. The second-order valence-corrected chi connectivity index (χ2v) is 9.67. The van der Waals surface area contributed by atoms with Gasteiger partial charge in [0.1, 0.15) is 5.82 Å². The molecule has 5 rings (SSSR count). The van der Waals surface area contributed by atoms with E-state index in [4.69, 9.17) is 9.97 Å². The topological polar surface area (TPSA) is 49.3 Å². The summed E-state index contributed by atoms with van der Waals surface area (Å²) in [6.07, 6.45) is 0.784. The molecule has 4 aromatic rings. The molecule has 6 heteroatoms. The number of hydrogen-bond donors (Lipinski definition) is 0. The molecular formula is C28H28N4OS. The predicted octanol–water partition coefficient (Wildman–Crippen LogP) is 5.38. The van der Waals surface area contributed by atoms with E-state index in [-0.39, 0.29) is 5.91 Å². The Morgan fingerprint density at radius 1 is 0.912 bits per heavy atom. The van der Waals surface area contributed by atoms with Gasteiger partial charge < -0.3 is 9.80 Å². The van der Waals surface area contributed by atoms with E-state index in [1.807, 2.05) is 40.6 Å². The highest BCUT2D eigenvalue weighted by molar-refractivity contribution is 7.12. The molecule has 1 aliphatic heterocycles. The van der Waals surface area contributed by atoms with E-state index < -0.39 is 0 Å². The lowest BCUT2D eigenvalue weighted by molar-refractivity contribution is 0.0751. The number of carbonyl (C=O) groups is 1. The van der Waals surface area contributed by atoms with Crippen LogP contribution in [0.25, 0.3) is 11.4 Å². The van der Waals surface area contributed by atoms with Crippen LogP contribution in [0.2, 0.25) is 0 Å². The predicted molar refractivity (Wildman–Crippen MR) is 139 cm³/mol. The van der Waals surface area contributed by atoms with E-state index in [1.165, 1.54) is 22.5 Å². The summed E-state index contributed by atoms with van der Waals surface area (Å²) in [5.41, 5.74) is 5.68. The maximum absolute atomic E-state index is 12.8. The SMILES string of the molecule is Cc1cccc(Cc2c(C)nc(-c3ccccc3)nc2N2CCN(C(=O)c3cccs3)CC2)c1. The lowest BCUT2D eigenvalue weighted by Gasteiger charge is -2.36. The summed E-state index contributed by atoms with van der Waals surface area (Å²) in [6, 6.07) is 22.6. The number of aryl methyl sites for hydroxylation is 2. The standard InChI is InChI=1S/C28H28N4OS/c1-20-8-6-9-22(18-20)19-24-21(2)29-26(23-10-4-3-5-11-23)30-27(24)31-13-15-32(16-14-31)28(33)25-12-7-17-34-25/h3-12,17-18H,13-16,19H2,1-2H3. The third-order valence-electron chi connectivity index (χ3n) is 6.29. The van der Waals surface area contributed by atoms with Crippen molar-refractivity contribution in [3.8, 4) is 11.4 Å². The average Bonchev–Trinajstić information content (AvgIpc) is 3.40. The van der Waals surface area contributed by atoms with Crippen molar-refractivity contribution < 1.29 is 4.79 Å². The Bertz CT molecular complexity index is 1280. The Kier molecular flexibility index (Phi) is 6.41. The zero-order chi connectivity index (χ0) is 23.5. The fourth-order valence-electron chi connectivity index (χ4n) is 4.47. The number of benzene rings is 2. The normalized spacial score (nSPS) is 13.8. The fourth-order valence-corrected chi connectivity index (χ4v) is 5.16. The van der Waals surface area contributed by atoms with E-state index >= 15 is 0 Å². The first-order chi connectivity index (χ1) is 16.6. The molecule has 0 unspecified atom stereocenters. The van der Waals surface area contributed by atoms with Crippen LogP contribution in [-0.2, 0) is 6.42 Å². The van der Waals surface area contributed by atoms with E-state index in [2.05, 4.69) is 55.1 Å². The molecule has 0 N–H and O–H groups in total. The van der Waals surface area contributed by atoms with Gasteiger partial charge in [-0.2, -0.15) is 0 Å². The summed E-state index contributed by atoms with van der Waals surface area (Å²) < 4.78 is 0. The summed E-state index contributed by atoms with van der Waals surface area (Å²) in [4.78, 5) is 27.9. The van der Waals surface area contributed by atoms with Gasteiger partial charge in [0, 0.05) is 49.4 Å². The molecular weight excluding hydrogens is 440 g/mol. The van der Waals surface area contributed by atoms with Crippen molar-refractivity contribution in [2.45, 2.75) is 20.3 Å². The monoisotopic (exact) mass is 468 g/mol. The van der Waals surface area contributed by atoms with Gasteiger partial charge in [-0.25, -0.2) is 9.97 Å². The molecule has 0 atom stereocenters. The summed E-state index contributed by atoms with van der Waals surface area (Å²) in [6.45, 7) is 7.08. The zero-order valence-electron chi connectivity index (χ0n) is 19.6. The minimum absolute atomic E-state index is 0.124. The Labute approximate surface area is 204 Å². The molecule has 1 fully saturated rings. The molecule has 2 aromatic carbocycles. The van der Waals surface area contributed by atoms with Crippen LogP contribution in [0.3, 0.4) is 0 Å². The molecule has 2 aromatic heterocycles. The number of aromatic nitrogens is 2. The minimum Gasteiger partial charge on any atom is -0.353 e. The van der Waals surface area contributed by atoms with E-state index in [9.17, 15) is 4.79 Å². The lowest BCUT2D eigenvalue weighted by atomic mass is 10.0. The molecule has 0 radical (unpaired) electrons. The van der Waals surface area contributed by atoms with Gasteiger partial charge in [0.05, 0.1) is 4.88 Å². The van der Waals surface area contributed by atoms with Crippen LogP contribution in [0, 0.1) is 13.8 Å². The van der Waals surface area contributed by atoms with Crippen LogP contribution < -0.4 is 4.90 Å². The first kappa shape index (κ1) is 22.3. The largest absolute Gasteiger partial charge is 0.353 e. The van der Waals surface area contributed by atoms with Crippen molar-refractivity contribution in [3.63, 3.8) is 0 Å². The van der Waals surface area contributed by atoms with Crippen LogP contribution in [-0.4, -0.2) is 47.0 Å². The lowest BCUT2D eigenvalue weighted by Crippen LogP contribution is -2.49. The van der Waals surface area contributed by atoms with Crippen LogP contribution in [0.5, 0.6) is 0 Å². The Morgan fingerprint density at radius 3 is 2.41 bits per heavy atom. The van der Waals surface area contributed by atoms with Gasteiger partial charge in [0.2, 0.25) is 0 Å². The average molecular weight is 469 g/mol. The summed E-state index contributed by atoms with van der Waals surface area (Å²) in [5, 5.41) is 1.95. The molecule has 1 saturated heterocycles. The van der Waals surface area contributed by atoms with Gasteiger partial charge in [0.15, 0.2) is 5.82 Å². The summed E-state index contributed by atoms with van der Waals surface area (Å²) in [7, 11) is 0. The van der Waals surface area contributed by atoms with Crippen LogP contribution in [0.1, 0.15) is 32.1 Å². The molecule has 1 amide bonds. The number of rotatable bonds is 5. The fraction of sp³-hybridized carbons (Fsp3) is 0.250. The summed E-state index contributed by atoms with van der Waals surface area (Å²) in [5.74, 6) is 1.85. The van der Waals surface area contributed by atoms with Crippen molar-refractivity contribution >= 4 is 23.1 Å². The van der Waals surface area contributed by atoms with Gasteiger partial charge in [-0.3, -0.25) is 4.79 Å². The first-order valence-electron chi connectivity index (χ1n) is 11.6. The number of hydrogen-bond acceptors (Lipinski definition) is 5. The summed E-state index contributed by atoms with van der Waals surface area (Å²) >= 11 is 1.50. The second-order valence-electron chi connectivity index (χ2n) is 8.72. The highest BCUT2D eigenvalue weighted by Crippen LogP contribution is 2.29. The maximum atomic E-state index is 12.8. The van der Waals surface area contributed by atoms with E-state index in [0.29, 0.717) is 13.1 Å². The van der Waals surface area contributed by atoms with Gasteiger partial charge in [-0.05, 0) is 30.9 Å². The minimum atomic E-state index is 0.124. The number of thiophene rings is 1.